The number of fused-ring (bicyclic) bond motifs is 1. The molecule has 1 aromatic carbocycles. The predicted molar refractivity (Wildman–Crippen MR) is 88.0 cm³/mol. The summed E-state index contributed by atoms with van der Waals surface area (Å²) in [4.78, 5) is 14.4. The lowest BCUT2D eigenvalue weighted by molar-refractivity contribution is -0.135. The van der Waals surface area contributed by atoms with Gasteiger partial charge in [-0.1, -0.05) is 23.7 Å². The second-order valence-corrected chi connectivity index (χ2v) is 6.26. The largest absolute Gasteiger partial charge is 0.394 e. The van der Waals surface area contributed by atoms with Crippen molar-refractivity contribution in [2.24, 2.45) is 0 Å². The molecule has 3 rings (SSSR count). The van der Waals surface area contributed by atoms with Crippen LogP contribution in [0.3, 0.4) is 0 Å². The van der Waals surface area contributed by atoms with Crippen molar-refractivity contribution >= 4 is 17.5 Å². The zero-order valence-electron chi connectivity index (χ0n) is 12.9. The molecule has 0 radical (unpaired) electrons. The quantitative estimate of drug-likeness (QED) is 0.933. The number of aryl methyl sites for hydroxylation is 2. The Morgan fingerprint density at radius 1 is 1.30 bits per heavy atom. The summed E-state index contributed by atoms with van der Waals surface area (Å²) in [6.07, 6.45) is 3.57. The molecule has 0 saturated carbocycles. The van der Waals surface area contributed by atoms with Crippen molar-refractivity contribution in [2.75, 3.05) is 6.61 Å². The van der Waals surface area contributed by atoms with Gasteiger partial charge < -0.3 is 10.0 Å². The third-order valence-electron chi connectivity index (χ3n) is 4.32. The summed E-state index contributed by atoms with van der Waals surface area (Å²) in [6.45, 7) is 1.22. The number of halogens is 1. The van der Waals surface area contributed by atoms with Crippen LogP contribution in [0.5, 0.6) is 0 Å². The molecule has 1 aromatic heterocycles. The van der Waals surface area contributed by atoms with E-state index in [2.05, 4.69) is 5.10 Å². The summed E-state index contributed by atoms with van der Waals surface area (Å²) >= 11 is 5.88. The number of aliphatic hydroxyl groups excluding tert-OH is 1. The lowest BCUT2D eigenvalue weighted by Gasteiger charge is -2.28. The minimum atomic E-state index is -0.144. The third-order valence-corrected chi connectivity index (χ3v) is 4.58. The zero-order chi connectivity index (χ0) is 16.2. The molecule has 0 bridgehead atoms. The number of amides is 1. The molecule has 1 aliphatic heterocycles. The van der Waals surface area contributed by atoms with Crippen LogP contribution in [0.2, 0.25) is 5.02 Å². The van der Waals surface area contributed by atoms with Crippen molar-refractivity contribution in [2.45, 2.75) is 38.4 Å². The number of carbonyl (C=O) groups is 1. The average molecular weight is 334 g/mol. The molecule has 1 N–H and O–H groups in total. The first-order chi connectivity index (χ1) is 11.2. The Balaban J connectivity index is 1.67. The zero-order valence-corrected chi connectivity index (χ0v) is 13.6. The van der Waals surface area contributed by atoms with E-state index in [0.717, 1.165) is 24.2 Å². The lowest BCUT2D eigenvalue weighted by Crippen LogP contribution is -2.41. The van der Waals surface area contributed by atoms with Crippen LogP contribution in [-0.4, -0.2) is 38.3 Å². The summed E-state index contributed by atoms with van der Waals surface area (Å²) < 4.78 is 1.91. The van der Waals surface area contributed by atoms with E-state index in [1.165, 1.54) is 0 Å². The second-order valence-electron chi connectivity index (χ2n) is 5.82. The van der Waals surface area contributed by atoms with Gasteiger partial charge in [0, 0.05) is 24.2 Å². The van der Waals surface area contributed by atoms with Crippen molar-refractivity contribution in [1.29, 1.82) is 0 Å². The van der Waals surface area contributed by atoms with Gasteiger partial charge in [0.1, 0.15) is 0 Å². The van der Waals surface area contributed by atoms with E-state index in [9.17, 15) is 9.90 Å². The number of nitrogens with zero attached hydrogens (tertiary/aromatic N) is 3. The highest BCUT2D eigenvalue weighted by Crippen LogP contribution is 2.19. The van der Waals surface area contributed by atoms with Crippen molar-refractivity contribution in [1.82, 2.24) is 14.7 Å². The van der Waals surface area contributed by atoms with Crippen LogP contribution >= 0.6 is 11.6 Å². The Bertz CT molecular complexity index is 669. The predicted octanol–water partition coefficient (Wildman–Crippen LogP) is 2.26. The molecule has 1 atom stereocenters. The highest BCUT2D eigenvalue weighted by atomic mass is 35.5. The molecule has 2 aromatic rings. The van der Waals surface area contributed by atoms with Gasteiger partial charge in [0.15, 0.2) is 0 Å². The van der Waals surface area contributed by atoms with Crippen LogP contribution in [0.25, 0.3) is 0 Å². The number of hydrogen-bond donors (Lipinski definition) is 1. The number of hydrogen-bond acceptors (Lipinski definition) is 3. The van der Waals surface area contributed by atoms with Gasteiger partial charge >= 0.3 is 0 Å². The van der Waals surface area contributed by atoms with Crippen molar-refractivity contribution in [3.8, 4) is 0 Å². The fraction of sp³-hybridized carbons (Fsp3) is 0.412. The Labute approximate surface area is 140 Å². The molecule has 6 heteroatoms. The lowest BCUT2D eigenvalue weighted by atomic mass is 10.1. The molecule has 122 valence electrons. The van der Waals surface area contributed by atoms with E-state index < -0.39 is 0 Å². The summed E-state index contributed by atoms with van der Waals surface area (Å²) in [5, 5.41) is 14.6. The van der Waals surface area contributed by atoms with Crippen LogP contribution in [-0.2, 0) is 24.3 Å². The van der Waals surface area contributed by atoms with Crippen molar-refractivity contribution < 1.29 is 9.90 Å². The Morgan fingerprint density at radius 3 is 2.83 bits per heavy atom. The highest BCUT2D eigenvalue weighted by Gasteiger charge is 2.27. The molecule has 1 amide bonds. The molecular formula is C17H20ClN3O2. The first-order valence-corrected chi connectivity index (χ1v) is 8.20. The van der Waals surface area contributed by atoms with Crippen LogP contribution in [0, 0.1) is 0 Å². The fourth-order valence-corrected chi connectivity index (χ4v) is 3.08. The number of rotatable bonds is 4. The van der Waals surface area contributed by atoms with Gasteiger partial charge in [-0.05, 0) is 36.6 Å². The van der Waals surface area contributed by atoms with E-state index in [1.807, 2.05) is 35.0 Å². The maximum Gasteiger partial charge on any atom is 0.223 e. The van der Waals surface area contributed by atoms with Gasteiger partial charge in [-0.25, -0.2) is 0 Å². The molecular weight excluding hydrogens is 314 g/mol. The first-order valence-electron chi connectivity index (χ1n) is 7.83. The van der Waals surface area contributed by atoms with Gasteiger partial charge in [-0.3, -0.25) is 9.48 Å². The van der Waals surface area contributed by atoms with Crippen molar-refractivity contribution in [3.05, 3.63) is 52.8 Å². The van der Waals surface area contributed by atoms with E-state index in [1.54, 1.807) is 11.1 Å². The van der Waals surface area contributed by atoms with Crippen LogP contribution in [0.1, 0.15) is 24.1 Å². The Morgan fingerprint density at radius 2 is 2.09 bits per heavy atom. The number of aliphatic hydroxyl groups is 1. The monoisotopic (exact) mass is 333 g/mol. The molecule has 5 nitrogen and oxygen atoms in total. The molecule has 0 saturated heterocycles. The number of benzene rings is 1. The second kappa shape index (κ2) is 7.15. The average Bonchev–Trinajstić information content (AvgIpc) is 2.93. The molecule has 1 unspecified atom stereocenters. The van der Waals surface area contributed by atoms with Crippen LogP contribution < -0.4 is 0 Å². The van der Waals surface area contributed by atoms with Crippen LogP contribution in [0.4, 0.5) is 0 Å². The smallest absolute Gasteiger partial charge is 0.223 e. The molecule has 2 heterocycles. The van der Waals surface area contributed by atoms with E-state index >= 15 is 0 Å². The summed E-state index contributed by atoms with van der Waals surface area (Å²) in [6, 6.07) is 9.34. The first kappa shape index (κ1) is 16.0. The van der Waals surface area contributed by atoms with E-state index in [4.69, 9.17) is 11.6 Å². The molecule has 0 aliphatic carbocycles. The summed E-state index contributed by atoms with van der Waals surface area (Å²) in [5.74, 6) is 0.0636. The fourth-order valence-electron chi connectivity index (χ4n) is 2.95. The Hall–Kier alpha value is -1.85. The molecule has 23 heavy (non-hydrogen) atoms. The SMILES string of the molecule is O=C(CCc1ccc(Cl)cc1)N1Cc2ccnn2CCC1CO. The van der Waals surface area contributed by atoms with Crippen LogP contribution in [0.15, 0.2) is 36.5 Å². The standard InChI is InChI=1S/C17H20ClN3O2/c18-14-4-1-13(2-5-14)3-6-17(23)20-11-15-7-9-19-21(15)10-8-16(20)12-22/h1-2,4-5,7,9,16,22H,3,6,8,10-12H2. The molecule has 1 aliphatic rings. The van der Waals surface area contributed by atoms with E-state index in [-0.39, 0.29) is 18.6 Å². The normalized spacial score (nSPS) is 17.7. The third kappa shape index (κ3) is 3.74. The Kier molecular flexibility index (Phi) is 4.98. The van der Waals surface area contributed by atoms with E-state index in [0.29, 0.717) is 24.4 Å². The topological polar surface area (TPSA) is 58.4 Å². The van der Waals surface area contributed by atoms with Crippen molar-refractivity contribution in [3.63, 3.8) is 0 Å². The number of carbonyl (C=O) groups excluding carboxylic acids is 1. The van der Waals surface area contributed by atoms with Gasteiger partial charge in [0.2, 0.25) is 5.91 Å². The van der Waals surface area contributed by atoms with Gasteiger partial charge in [-0.15, -0.1) is 0 Å². The van der Waals surface area contributed by atoms with Gasteiger partial charge in [-0.2, -0.15) is 5.10 Å². The van der Waals surface area contributed by atoms with Gasteiger partial charge in [0.25, 0.3) is 0 Å². The minimum absolute atomic E-state index is 0.0163. The maximum atomic E-state index is 12.7. The molecule has 0 spiro atoms. The summed E-state index contributed by atoms with van der Waals surface area (Å²) in [7, 11) is 0. The molecule has 0 fully saturated rings. The maximum absolute atomic E-state index is 12.7. The van der Waals surface area contributed by atoms with Gasteiger partial charge in [0.05, 0.1) is 24.9 Å². The minimum Gasteiger partial charge on any atom is -0.394 e. The summed E-state index contributed by atoms with van der Waals surface area (Å²) in [5.41, 5.74) is 2.10. The number of aromatic nitrogens is 2. The highest BCUT2D eigenvalue weighted by molar-refractivity contribution is 6.30.